The SMILES string of the molecule is CCc1c(NC(=O)C(N=Nc2cc(Cl)cc(C(=O)Nc3ccccc3CCCl)c2)C(C)=O)ccc(NC(=O)C(N=Nc2cc(Cl)cc(C(=O)Nc3ccccc3CCCl)c2)C(C)=O)c1CC. The van der Waals surface area contributed by atoms with Gasteiger partial charge in [-0.05, 0) is 122 Å². The summed E-state index contributed by atoms with van der Waals surface area (Å²) in [6, 6.07) is 23.1. The molecule has 0 radical (unpaired) electrons. The minimum atomic E-state index is -1.57. The van der Waals surface area contributed by atoms with Crippen LogP contribution in [0.5, 0.6) is 0 Å². The molecule has 0 aliphatic rings. The molecule has 4 N–H and O–H groups in total. The van der Waals surface area contributed by atoms with Crippen LogP contribution in [-0.4, -0.2) is 59.0 Å². The summed E-state index contributed by atoms with van der Waals surface area (Å²) in [6.07, 6.45) is 1.89. The highest BCUT2D eigenvalue weighted by Crippen LogP contribution is 2.31. The summed E-state index contributed by atoms with van der Waals surface area (Å²) in [7, 11) is 0. The van der Waals surface area contributed by atoms with Gasteiger partial charge in [0, 0.05) is 55.7 Å². The standard InChI is InChI=1S/C48H46Cl4N8O6/c1-5-37-38(6-2)42(56-48(66)44(28(4)62)60-58-36-24-32(22-34(52)26-36)46(64)54-40-14-10-8-12-30(40)18-20-50)16-15-41(37)55-47(65)43(27(3)61)59-57-35-23-31(21-33(51)25-35)45(63)53-39-13-9-7-11-29(39)17-19-49/h7-16,21-26,43-44H,5-6,17-20H2,1-4H3,(H,53,63)(H,54,64)(H,55,65)(H,56,66). The summed E-state index contributed by atoms with van der Waals surface area (Å²) >= 11 is 24.5. The number of carbonyl (C=O) groups is 6. The van der Waals surface area contributed by atoms with Crippen molar-refractivity contribution in [2.75, 3.05) is 33.0 Å². The molecule has 0 saturated carbocycles. The zero-order chi connectivity index (χ0) is 47.9. The van der Waals surface area contributed by atoms with Gasteiger partial charge in [0.1, 0.15) is 0 Å². The predicted octanol–water partition coefficient (Wildman–Crippen LogP) is 11.5. The van der Waals surface area contributed by atoms with Gasteiger partial charge in [0.15, 0.2) is 11.6 Å². The number of aryl methyl sites for hydroxylation is 2. The van der Waals surface area contributed by atoms with Crippen molar-refractivity contribution in [2.24, 2.45) is 20.5 Å². The van der Waals surface area contributed by atoms with E-state index in [4.69, 9.17) is 46.4 Å². The van der Waals surface area contributed by atoms with Crippen LogP contribution in [0, 0.1) is 0 Å². The molecular weight excluding hydrogens is 926 g/mol. The van der Waals surface area contributed by atoms with Gasteiger partial charge in [0.2, 0.25) is 12.1 Å². The molecule has 0 heterocycles. The number of Topliss-reactive ketones (excluding diaryl/α,β-unsaturated/α-hetero) is 2. The van der Waals surface area contributed by atoms with Crippen LogP contribution in [0.3, 0.4) is 0 Å². The van der Waals surface area contributed by atoms with E-state index in [9.17, 15) is 28.8 Å². The second-order valence-electron chi connectivity index (χ2n) is 14.8. The van der Waals surface area contributed by atoms with E-state index in [0.717, 1.165) is 11.1 Å². The van der Waals surface area contributed by atoms with E-state index in [1.807, 2.05) is 38.1 Å². The largest absolute Gasteiger partial charge is 0.323 e. The number of amides is 4. The van der Waals surface area contributed by atoms with E-state index in [2.05, 4.69) is 41.7 Å². The molecule has 0 bridgehead atoms. The molecule has 0 spiro atoms. The van der Waals surface area contributed by atoms with Crippen molar-refractivity contribution in [1.29, 1.82) is 0 Å². The average Bonchev–Trinajstić information content (AvgIpc) is 3.27. The number of alkyl halides is 2. The Labute approximate surface area is 402 Å². The van der Waals surface area contributed by atoms with Crippen LogP contribution in [-0.2, 0) is 44.9 Å². The zero-order valence-electron chi connectivity index (χ0n) is 36.4. The van der Waals surface area contributed by atoms with Crippen LogP contribution in [0.1, 0.15) is 70.7 Å². The Kier molecular flexibility index (Phi) is 18.6. The summed E-state index contributed by atoms with van der Waals surface area (Å²) in [5.41, 5.74) is 5.51. The third-order valence-electron chi connectivity index (χ3n) is 10.0. The van der Waals surface area contributed by atoms with E-state index >= 15 is 0 Å². The molecule has 5 rings (SSSR count). The van der Waals surface area contributed by atoms with Gasteiger partial charge in [-0.25, -0.2) is 0 Å². The summed E-state index contributed by atoms with van der Waals surface area (Å²) in [5, 5.41) is 28.0. The maximum atomic E-state index is 13.6. The minimum absolute atomic E-state index is 0.132. The molecule has 0 aliphatic carbocycles. The molecule has 0 fully saturated rings. The molecule has 0 saturated heterocycles. The fourth-order valence-corrected chi connectivity index (χ4v) is 7.73. The monoisotopic (exact) mass is 970 g/mol. The van der Waals surface area contributed by atoms with Gasteiger partial charge in [-0.2, -0.15) is 20.5 Å². The quantitative estimate of drug-likeness (QED) is 0.0340. The molecule has 4 amide bonds. The van der Waals surface area contributed by atoms with Gasteiger partial charge in [0.25, 0.3) is 23.6 Å². The number of rotatable bonds is 20. The van der Waals surface area contributed by atoms with E-state index in [0.29, 0.717) is 71.3 Å². The Morgan fingerprint density at radius 3 is 1.24 bits per heavy atom. The average molecular weight is 973 g/mol. The smallest absolute Gasteiger partial charge is 0.258 e. The highest BCUT2D eigenvalue weighted by molar-refractivity contribution is 6.31. The second-order valence-corrected chi connectivity index (χ2v) is 16.4. The lowest BCUT2D eigenvalue weighted by Crippen LogP contribution is -2.33. The van der Waals surface area contributed by atoms with Crippen LogP contribution in [0.4, 0.5) is 34.1 Å². The summed E-state index contributed by atoms with van der Waals surface area (Å²) in [6.45, 7) is 6.11. The first-order chi connectivity index (χ1) is 31.6. The highest BCUT2D eigenvalue weighted by Gasteiger charge is 2.27. The van der Waals surface area contributed by atoms with Crippen molar-refractivity contribution in [1.82, 2.24) is 0 Å². The number of benzene rings is 5. The molecule has 5 aromatic carbocycles. The number of anilines is 4. The lowest BCUT2D eigenvalue weighted by Gasteiger charge is -2.20. The number of azo groups is 2. The number of halogens is 4. The summed E-state index contributed by atoms with van der Waals surface area (Å²) in [4.78, 5) is 79.3. The molecule has 14 nitrogen and oxygen atoms in total. The molecule has 0 aromatic heterocycles. The topological polar surface area (TPSA) is 200 Å². The second kappa shape index (κ2) is 24.3. The maximum absolute atomic E-state index is 13.6. The number of hydrogen-bond donors (Lipinski definition) is 4. The third kappa shape index (κ3) is 13.6. The van der Waals surface area contributed by atoms with Gasteiger partial charge in [-0.15, -0.1) is 23.2 Å². The van der Waals surface area contributed by atoms with Crippen molar-refractivity contribution in [3.8, 4) is 0 Å². The molecule has 66 heavy (non-hydrogen) atoms. The Morgan fingerprint density at radius 2 is 0.894 bits per heavy atom. The number of para-hydroxylation sites is 2. The fraction of sp³-hybridized carbons (Fsp3) is 0.250. The highest BCUT2D eigenvalue weighted by atomic mass is 35.5. The first-order valence-electron chi connectivity index (χ1n) is 20.8. The van der Waals surface area contributed by atoms with Gasteiger partial charge in [-0.3, -0.25) is 28.8 Å². The van der Waals surface area contributed by atoms with Gasteiger partial charge >= 0.3 is 0 Å². The number of carbonyl (C=O) groups excluding carboxylic acids is 6. The van der Waals surface area contributed by atoms with E-state index < -0.39 is 47.3 Å². The van der Waals surface area contributed by atoms with Gasteiger partial charge in [-0.1, -0.05) is 73.4 Å². The molecule has 0 aliphatic heterocycles. The van der Waals surface area contributed by atoms with Gasteiger partial charge < -0.3 is 21.3 Å². The Bertz CT molecular complexity index is 2530. The normalized spacial score (nSPS) is 12.1. The fourth-order valence-electron chi connectivity index (χ4n) is 6.86. The number of nitrogens with zero attached hydrogens (tertiary/aromatic N) is 4. The van der Waals surface area contributed by atoms with Crippen LogP contribution < -0.4 is 21.3 Å². The van der Waals surface area contributed by atoms with E-state index in [-0.39, 0.29) is 32.5 Å². The predicted molar refractivity (Wildman–Crippen MR) is 261 cm³/mol. The molecule has 2 atom stereocenters. The molecule has 18 heteroatoms. The van der Waals surface area contributed by atoms with Crippen LogP contribution in [0.2, 0.25) is 10.0 Å². The lowest BCUT2D eigenvalue weighted by atomic mass is 9.98. The number of nitrogens with one attached hydrogen (secondary N) is 4. The zero-order valence-corrected chi connectivity index (χ0v) is 39.4. The third-order valence-corrected chi connectivity index (χ3v) is 10.9. The molecule has 2 unspecified atom stereocenters. The van der Waals surface area contributed by atoms with E-state index in [1.165, 1.54) is 50.2 Å². The lowest BCUT2D eigenvalue weighted by molar-refractivity contribution is -0.127. The first-order valence-corrected chi connectivity index (χ1v) is 22.6. The van der Waals surface area contributed by atoms with Crippen molar-refractivity contribution in [2.45, 2.75) is 65.5 Å². The van der Waals surface area contributed by atoms with Crippen LogP contribution in [0.25, 0.3) is 0 Å². The summed E-state index contributed by atoms with van der Waals surface area (Å²) < 4.78 is 0. The Hall–Kier alpha value is -6.32. The number of hydrogen-bond acceptors (Lipinski definition) is 10. The van der Waals surface area contributed by atoms with Crippen LogP contribution >= 0.6 is 46.4 Å². The van der Waals surface area contributed by atoms with Crippen molar-refractivity contribution >= 4 is 116 Å². The minimum Gasteiger partial charge on any atom is -0.323 e. The Balaban J connectivity index is 1.31. The molecule has 342 valence electrons. The molecular formula is C48H46Cl4N8O6. The van der Waals surface area contributed by atoms with Crippen LogP contribution in [0.15, 0.2) is 118 Å². The first kappa shape index (κ1) is 50.7. The summed E-state index contributed by atoms with van der Waals surface area (Å²) in [5.74, 6) is -2.94. The molecule has 5 aromatic rings. The maximum Gasteiger partial charge on any atom is 0.258 e. The van der Waals surface area contributed by atoms with Crippen molar-refractivity contribution < 1.29 is 28.8 Å². The number of ketones is 2. The Morgan fingerprint density at radius 1 is 0.515 bits per heavy atom. The van der Waals surface area contributed by atoms with Crippen molar-refractivity contribution in [3.63, 3.8) is 0 Å². The van der Waals surface area contributed by atoms with E-state index in [1.54, 1.807) is 36.4 Å². The van der Waals surface area contributed by atoms with Gasteiger partial charge in [0.05, 0.1) is 11.4 Å². The van der Waals surface area contributed by atoms with Crippen molar-refractivity contribution in [3.05, 3.63) is 140 Å².